The van der Waals surface area contributed by atoms with Gasteiger partial charge in [-0.15, -0.1) is 12.6 Å². The number of rotatable bonds is 3. The van der Waals surface area contributed by atoms with Crippen LogP contribution in [0.25, 0.3) is 0 Å². The monoisotopic (exact) mass is 142 g/mol. The van der Waals surface area contributed by atoms with Crippen LogP contribution in [0, 0.1) is 0 Å². The summed E-state index contributed by atoms with van der Waals surface area (Å²) in [5.74, 6) is 0. The van der Waals surface area contributed by atoms with Crippen LogP contribution in [0.1, 0.15) is 26.7 Å². The minimum absolute atomic E-state index is 1.02. The van der Waals surface area contributed by atoms with Gasteiger partial charge in [0.05, 0.1) is 0 Å². The summed E-state index contributed by atoms with van der Waals surface area (Å²) in [6, 6.07) is 0. The molecule has 0 aliphatic rings. The maximum atomic E-state index is 4.22. The first kappa shape index (κ1) is 8.83. The molecule has 0 aromatic heterocycles. The summed E-state index contributed by atoms with van der Waals surface area (Å²) in [6.07, 6.45) is 4.10. The van der Waals surface area contributed by atoms with Crippen LogP contribution in [0.3, 0.4) is 0 Å². The van der Waals surface area contributed by atoms with Crippen molar-refractivity contribution in [2.45, 2.75) is 26.7 Å². The standard InChI is InChI=1S/C8H14S/c1-4-6-7(3)8(9)5-2/h5,9H,2,4,6H2,1,3H3/b8-7+. The van der Waals surface area contributed by atoms with Crippen LogP contribution in [0.2, 0.25) is 0 Å². The molecule has 0 radical (unpaired) electrons. The van der Waals surface area contributed by atoms with Crippen molar-refractivity contribution in [3.05, 3.63) is 23.1 Å². The van der Waals surface area contributed by atoms with E-state index in [1.54, 1.807) is 6.08 Å². The van der Waals surface area contributed by atoms with Gasteiger partial charge >= 0.3 is 0 Å². The quantitative estimate of drug-likeness (QED) is 0.454. The molecule has 0 aliphatic heterocycles. The lowest BCUT2D eigenvalue weighted by atomic mass is 10.2. The maximum Gasteiger partial charge on any atom is 0.00233 e. The molecule has 0 aromatic rings. The van der Waals surface area contributed by atoms with Crippen LogP contribution < -0.4 is 0 Å². The Morgan fingerprint density at radius 1 is 1.67 bits per heavy atom. The molecule has 0 nitrogen and oxygen atoms in total. The smallest absolute Gasteiger partial charge is 0.00233 e. The fourth-order valence-corrected chi connectivity index (χ4v) is 0.789. The molecule has 0 bridgehead atoms. The largest absolute Gasteiger partial charge is 0.144 e. The van der Waals surface area contributed by atoms with Crippen LogP contribution in [0.4, 0.5) is 0 Å². The van der Waals surface area contributed by atoms with Crippen LogP contribution >= 0.6 is 12.6 Å². The average molecular weight is 142 g/mol. The van der Waals surface area contributed by atoms with E-state index in [4.69, 9.17) is 0 Å². The van der Waals surface area contributed by atoms with Crippen LogP contribution in [0.15, 0.2) is 23.1 Å². The van der Waals surface area contributed by atoms with E-state index in [0.29, 0.717) is 0 Å². The van der Waals surface area contributed by atoms with E-state index < -0.39 is 0 Å². The zero-order chi connectivity index (χ0) is 7.28. The average Bonchev–Trinajstić information content (AvgIpc) is 1.87. The van der Waals surface area contributed by atoms with Gasteiger partial charge in [-0.2, -0.15) is 0 Å². The van der Waals surface area contributed by atoms with E-state index in [-0.39, 0.29) is 0 Å². The minimum Gasteiger partial charge on any atom is -0.144 e. The fraction of sp³-hybridized carbons (Fsp3) is 0.500. The third-order valence-electron chi connectivity index (χ3n) is 1.26. The molecule has 0 atom stereocenters. The molecule has 9 heavy (non-hydrogen) atoms. The zero-order valence-corrected chi connectivity index (χ0v) is 7.04. The van der Waals surface area contributed by atoms with Crippen molar-refractivity contribution in [2.24, 2.45) is 0 Å². The van der Waals surface area contributed by atoms with Gasteiger partial charge in [0, 0.05) is 4.91 Å². The SMILES string of the molecule is C=C/C(S)=C(/C)CCC. The van der Waals surface area contributed by atoms with Gasteiger partial charge in [0.15, 0.2) is 0 Å². The Hall–Kier alpha value is -0.170. The van der Waals surface area contributed by atoms with E-state index in [9.17, 15) is 0 Å². The fourth-order valence-electron chi connectivity index (χ4n) is 0.677. The Labute approximate surface area is 63.1 Å². The summed E-state index contributed by atoms with van der Waals surface area (Å²) in [5.41, 5.74) is 1.33. The van der Waals surface area contributed by atoms with Crippen LogP contribution in [0.5, 0.6) is 0 Å². The molecule has 0 rings (SSSR count). The van der Waals surface area contributed by atoms with E-state index >= 15 is 0 Å². The van der Waals surface area contributed by atoms with Crippen LogP contribution in [-0.2, 0) is 0 Å². The Morgan fingerprint density at radius 3 is 2.56 bits per heavy atom. The highest BCUT2D eigenvalue weighted by Gasteiger charge is 1.90. The molecule has 1 heteroatoms. The summed E-state index contributed by atoms with van der Waals surface area (Å²) in [6.45, 7) is 7.88. The van der Waals surface area contributed by atoms with Gasteiger partial charge in [-0.25, -0.2) is 0 Å². The number of allylic oxidation sites excluding steroid dienone is 2. The van der Waals surface area contributed by atoms with Crippen molar-refractivity contribution in [3.8, 4) is 0 Å². The van der Waals surface area contributed by atoms with Gasteiger partial charge in [-0.1, -0.05) is 31.6 Å². The highest BCUT2D eigenvalue weighted by molar-refractivity contribution is 7.84. The zero-order valence-electron chi connectivity index (χ0n) is 6.15. The summed E-state index contributed by atoms with van der Waals surface area (Å²) < 4.78 is 0. The molecule has 0 amide bonds. The molecule has 0 unspecified atom stereocenters. The first-order valence-electron chi connectivity index (χ1n) is 3.23. The number of thiol groups is 1. The summed E-state index contributed by atoms with van der Waals surface area (Å²) >= 11 is 4.22. The topological polar surface area (TPSA) is 0 Å². The van der Waals surface area contributed by atoms with Gasteiger partial charge < -0.3 is 0 Å². The number of hydrogen-bond donors (Lipinski definition) is 1. The molecule has 0 saturated carbocycles. The Balaban J connectivity index is 3.93. The Kier molecular flexibility index (Phi) is 4.60. The molecular weight excluding hydrogens is 128 g/mol. The molecule has 0 spiro atoms. The Morgan fingerprint density at radius 2 is 2.22 bits per heavy atom. The lowest BCUT2D eigenvalue weighted by Gasteiger charge is -1.98. The first-order chi connectivity index (χ1) is 4.22. The second-order valence-corrected chi connectivity index (χ2v) is 2.60. The van der Waals surface area contributed by atoms with Gasteiger partial charge in [0.25, 0.3) is 0 Å². The van der Waals surface area contributed by atoms with Gasteiger partial charge in [-0.3, -0.25) is 0 Å². The molecular formula is C8H14S. The maximum absolute atomic E-state index is 4.22. The highest BCUT2D eigenvalue weighted by Crippen LogP contribution is 2.13. The van der Waals surface area contributed by atoms with Crippen molar-refractivity contribution in [1.82, 2.24) is 0 Å². The Bertz CT molecular complexity index is 123. The van der Waals surface area contributed by atoms with Crippen molar-refractivity contribution in [2.75, 3.05) is 0 Å². The molecule has 0 aliphatic carbocycles. The molecule has 0 fully saturated rings. The third-order valence-corrected chi connectivity index (χ3v) is 1.82. The predicted octanol–water partition coefficient (Wildman–Crippen LogP) is 3.18. The van der Waals surface area contributed by atoms with Crippen LogP contribution in [-0.4, -0.2) is 0 Å². The van der Waals surface area contributed by atoms with Crippen molar-refractivity contribution in [1.29, 1.82) is 0 Å². The van der Waals surface area contributed by atoms with Gasteiger partial charge in [-0.05, 0) is 13.3 Å². The second-order valence-electron chi connectivity index (χ2n) is 2.12. The molecule has 0 N–H and O–H groups in total. The normalized spacial score (nSPS) is 12.8. The molecule has 0 aromatic carbocycles. The van der Waals surface area contributed by atoms with Crippen molar-refractivity contribution >= 4 is 12.6 Å². The predicted molar refractivity (Wildman–Crippen MR) is 46.8 cm³/mol. The van der Waals surface area contributed by atoms with Gasteiger partial charge in [0.1, 0.15) is 0 Å². The second kappa shape index (κ2) is 4.68. The van der Waals surface area contributed by atoms with E-state index in [0.717, 1.165) is 11.3 Å². The van der Waals surface area contributed by atoms with E-state index in [2.05, 4.69) is 33.1 Å². The lowest BCUT2D eigenvalue weighted by Crippen LogP contribution is -1.76. The van der Waals surface area contributed by atoms with Gasteiger partial charge in [0.2, 0.25) is 0 Å². The van der Waals surface area contributed by atoms with E-state index in [1.807, 2.05) is 0 Å². The molecule has 52 valence electrons. The number of hydrogen-bond acceptors (Lipinski definition) is 1. The summed E-state index contributed by atoms with van der Waals surface area (Å²) in [7, 11) is 0. The summed E-state index contributed by atoms with van der Waals surface area (Å²) in [4.78, 5) is 1.02. The lowest BCUT2D eigenvalue weighted by molar-refractivity contribution is 0.904. The van der Waals surface area contributed by atoms with Crippen molar-refractivity contribution < 1.29 is 0 Å². The third kappa shape index (κ3) is 3.41. The minimum atomic E-state index is 1.02. The summed E-state index contributed by atoms with van der Waals surface area (Å²) in [5, 5.41) is 0. The molecule has 0 heterocycles. The molecule has 0 saturated heterocycles. The van der Waals surface area contributed by atoms with Crippen molar-refractivity contribution in [3.63, 3.8) is 0 Å². The van der Waals surface area contributed by atoms with E-state index in [1.165, 1.54) is 12.0 Å². The highest BCUT2D eigenvalue weighted by atomic mass is 32.1. The first-order valence-corrected chi connectivity index (χ1v) is 3.68.